The van der Waals surface area contributed by atoms with Crippen LogP contribution < -0.4 is 50.9 Å². The number of thiazole rings is 1. The fraction of sp³-hybridized carbons (Fsp3) is 0.185. The van der Waals surface area contributed by atoms with Gasteiger partial charge in [0.2, 0.25) is 11.9 Å². The van der Waals surface area contributed by atoms with Crippen LogP contribution in [0.4, 0.5) is 10.9 Å². The number of carboxylic acid groups (broad SMARTS) is 2. The van der Waals surface area contributed by atoms with Crippen LogP contribution in [0.2, 0.25) is 0 Å². The quantitative estimate of drug-likeness (QED) is 0.0263. The molecule has 2 amide bonds. The molecule has 2 aliphatic heterocycles. The Morgan fingerprint density at radius 1 is 1.21 bits per heavy atom. The zero-order valence-electron chi connectivity index (χ0n) is 24.4. The molecule has 17 nitrogen and oxygen atoms in total. The maximum Gasteiger partial charge on any atom is 1.00 e. The second-order valence-corrected chi connectivity index (χ2v) is 11.7. The minimum atomic E-state index is -1.82. The first-order valence-electron chi connectivity index (χ1n) is 13.1. The second-order valence-electron chi connectivity index (χ2n) is 9.71. The molecule has 1 saturated heterocycles. The van der Waals surface area contributed by atoms with E-state index < -0.39 is 58.5 Å². The van der Waals surface area contributed by atoms with Crippen molar-refractivity contribution in [2.45, 2.75) is 24.1 Å². The van der Waals surface area contributed by atoms with E-state index in [0.29, 0.717) is 17.9 Å². The van der Waals surface area contributed by atoms with Gasteiger partial charge in [0.05, 0.1) is 6.20 Å². The molecule has 5 rings (SSSR count). The summed E-state index contributed by atoms with van der Waals surface area (Å²) in [6.45, 7) is 0.367. The number of aromatic hydroxyl groups is 2. The number of rotatable bonds is 11. The van der Waals surface area contributed by atoms with Gasteiger partial charge in [-0.1, -0.05) is 17.3 Å². The van der Waals surface area contributed by atoms with E-state index in [1.54, 1.807) is 29.0 Å². The van der Waals surface area contributed by atoms with Gasteiger partial charge in [-0.05, 0) is 28.8 Å². The number of nitrogens with zero attached hydrogens (tertiary/aromatic N) is 5. The van der Waals surface area contributed by atoms with Gasteiger partial charge in [-0.3, -0.25) is 14.5 Å². The normalized spacial score (nSPS) is 18.2. The maximum atomic E-state index is 13.4. The Hall–Kier alpha value is -4.69. The van der Waals surface area contributed by atoms with E-state index in [-0.39, 0.29) is 57.4 Å². The first-order chi connectivity index (χ1) is 21.9. The van der Waals surface area contributed by atoms with Gasteiger partial charge in [-0.15, -0.1) is 23.1 Å². The molecule has 0 unspecified atom stereocenters. The van der Waals surface area contributed by atoms with Crippen molar-refractivity contribution in [1.82, 2.24) is 20.2 Å². The molecule has 20 heteroatoms. The molecular formula is C27H25N8NaO9S2+2. The van der Waals surface area contributed by atoms with Crippen LogP contribution in [0.25, 0.3) is 0 Å². The van der Waals surface area contributed by atoms with Gasteiger partial charge in [0.15, 0.2) is 22.3 Å². The number of allylic oxidation sites excluding steroid dienone is 2. The number of amides is 2. The standard InChI is InChI=1S/C27H24N8O9S2.Na/c28-17-5-7-34(11-30-17)6-1-2-13-9-45-24-19(23(39)35(24)20(13)25(40)41)32-22(38)18(14-10-46-27(29)31-14)33-44-21(26(42)43)12-3-4-15(36)16(37)8-12;/h1-5,7-8,10-11,19,21,24,28H,6,9H2,(H7,29,31,32,33,36,37,38,40,41,42,43);/q;+1/p+1/b2-1+;/t19-,21+,24-;/m1./s1. The van der Waals surface area contributed by atoms with Gasteiger partial charge in [0.1, 0.15) is 29.4 Å². The number of carboxylic acids is 2. The van der Waals surface area contributed by atoms with E-state index in [0.717, 1.165) is 28.4 Å². The number of anilines is 2. The van der Waals surface area contributed by atoms with E-state index in [2.05, 4.69) is 20.4 Å². The van der Waals surface area contributed by atoms with E-state index in [1.807, 2.05) is 0 Å². The number of aliphatic carboxylic acids is 2. The average Bonchev–Trinajstić information content (AvgIpc) is 3.45. The fourth-order valence-electron chi connectivity index (χ4n) is 4.46. The number of carbonyl (C=O) groups is 4. The number of nitrogens with one attached hydrogen (secondary N) is 1. The Bertz CT molecular complexity index is 1820. The summed E-state index contributed by atoms with van der Waals surface area (Å²) in [7, 11) is 0. The van der Waals surface area contributed by atoms with Crippen LogP contribution >= 0.6 is 23.1 Å². The van der Waals surface area contributed by atoms with Gasteiger partial charge in [-0.2, -0.15) is 0 Å². The number of hydrogen-bond donors (Lipinski definition) is 7. The molecule has 1 fully saturated rings. The molecule has 2 aliphatic rings. The van der Waals surface area contributed by atoms with Gasteiger partial charge in [0.25, 0.3) is 18.1 Å². The van der Waals surface area contributed by atoms with Crippen molar-refractivity contribution >= 4 is 63.5 Å². The zero-order valence-corrected chi connectivity index (χ0v) is 28.0. The van der Waals surface area contributed by atoms with Crippen molar-refractivity contribution in [3.63, 3.8) is 0 Å². The Morgan fingerprint density at radius 3 is 2.60 bits per heavy atom. The first-order valence-corrected chi connectivity index (χ1v) is 15.1. The third-order valence-electron chi connectivity index (χ3n) is 6.67. The smallest absolute Gasteiger partial charge is 0.504 e. The second kappa shape index (κ2) is 14.8. The third kappa shape index (κ3) is 7.66. The monoisotopic (exact) mass is 692 g/mol. The molecule has 47 heavy (non-hydrogen) atoms. The van der Waals surface area contributed by atoms with Crippen molar-refractivity contribution in [3.8, 4) is 11.5 Å². The van der Waals surface area contributed by atoms with Gasteiger partial charge in [-0.25, -0.2) is 19.1 Å². The number of aromatic nitrogens is 3. The molecule has 0 spiro atoms. The molecule has 3 atom stereocenters. The largest absolute Gasteiger partial charge is 1.00 e. The molecule has 0 saturated carbocycles. The Balaban J connectivity index is 0.00000500. The van der Waals surface area contributed by atoms with Gasteiger partial charge >= 0.3 is 41.5 Å². The number of nitrogens with two attached hydrogens (primary N) is 2. The average molecular weight is 693 g/mol. The van der Waals surface area contributed by atoms with Crippen LogP contribution in [0.3, 0.4) is 0 Å². The summed E-state index contributed by atoms with van der Waals surface area (Å²) in [6.07, 6.45) is 4.74. The Morgan fingerprint density at radius 2 is 1.98 bits per heavy atom. The number of phenolic OH excluding ortho intramolecular Hbond substituents is 2. The summed E-state index contributed by atoms with van der Waals surface area (Å²) in [5, 5.41) is 45.9. The van der Waals surface area contributed by atoms with Crippen LogP contribution in [0.1, 0.15) is 17.4 Å². The molecule has 4 heterocycles. The minimum Gasteiger partial charge on any atom is -0.504 e. The van der Waals surface area contributed by atoms with Gasteiger partial charge in [0, 0.05) is 22.8 Å². The van der Waals surface area contributed by atoms with Gasteiger partial charge < -0.3 is 42.0 Å². The summed E-state index contributed by atoms with van der Waals surface area (Å²) in [4.78, 5) is 65.0. The topological polar surface area (TPSA) is 268 Å². The Kier molecular flexibility index (Phi) is 11.1. The van der Waals surface area contributed by atoms with E-state index in [9.17, 15) is 39.6 Å². The SMILES string of the molecule is Nc1cc[n+](C/C=C/C2=C(C(=O)O)N3C(=O)[C@@H](NC(=O)/C(=N\O[C@H](C(=O)O)c4ccc(O)c(O)c4)c4csc(N)n4)[C@H]3SC2)cn1.[Na+]. The molecule has 0 aliphatic carbocycles. The minimum absolute atomic E-state index is 0. The van der Waals surface area contributed by atoms with Crippen LogP contribution in [0.15, 0.2) is 70.7 Å². The van der Waals surface area contributed by atoms with Crippen molar-refractivity contribution in [2.75, 3.05) is 17.2 Å². The molecule has 238 valence electrons. The molecular weight excluding hydrogens is 667 g/mol. The van der Waals surface area contributed by atoms with E-state index in [4.69, 9.17) is 16.3 Å². The molecule has 2 aromatic heterocycles. The predicted molar refractivity (Wildman–Crippen MR) is 162 cm³/mol. The molecule has 0 radical (unpaired) electrons. The molecule has 1 aromatic carbocycles. The van der Waals surface area contributed by atoms with Crippen molar-refractivity contribution in [3.05, 3.63) is 76.8 Å². The summed E-state index contributed by atoms with van der Waals surface area (Å²) >= 11 is 2.20. The first kappa shape index (κ1) is 35.2. The van der Waals surface area contributed by atoms with Crippen LogP contribution in [-0.4, -0.2) is 81.9 Å². The van der Waals surface area contributed by atoms with E-state index >= 15 is 0 Å². The van der Waals surface area contributed by atoms with Crippen LogP contribution in [0, 0.1) is 0 Å². The summed E-state index contributed by atoms with van der Waals surface area (Å²) in [5.41, 5.74) is 10.8. The Labute approximate surface area is 295 Å². The maximum absolute atomic E-state index is 13.4. The molecule has 9 N–H and O–H groups in total. The number of fused-ring (bicyclic) bond motifs is 1. The van der Waals surface area contributed by atoms with Crippen LogP contribution in [-0.2, 0) is 30.6 Å². The number of carbonyl (C=O) groups excluding carboxylic acids is 2. The van der Waals surface area contributed by atoms with Crippen molar-refractivity contribution in [2.24, 2.45) is 5.16 Å². The summed E-state index contributed by atoms with van der Waals surface area (Å²) in [5.74, 6) is -5.04. The van der Waals surface area contributed by atoms with Crippen molar-refractivity contribution in [1.29, 1.82) is 0 Å². The predicted octanol–water partition coefficient (Wildman–Crippen LogP) is -3.05. The fourth-order valence-corrected chi connectivity index (χ4v) is 6.32. The number of oxime groups is 1. The number of phenols is 2. The third-order valence-corrected chi connectivity index (χ3v) is 8.65. The molecule has 3 aromatic rings. The zero-order chi connectivity index (χ0) is 33.1. The number of thioether (sulfide) groups is 1. The number of benzene rings is 1. The summed E-state index contributed by atoms with van der Waals surface area (Å²) < 4.78 is 1.72. The van der Waals surface area contributed by atoms with Crippen LogP contribution in [0.5, 0.6) is 11.5 Å². The molecule has 0 bridgehead atoms. The van der Waals surface area contributed by atoms with Crippen molar-refractivity contribution < 1.29 is 78.6 Å². The van der Waals surface area contributed by atoms with E-state index in [1.165, 1.54) is 29.5 Å². The summed E-state index contributed by atoms with van der Waals surface area (Å²) in [6, 6.07) is 3.64. The number of β-lactam (4-membered cyclic amide) rings is 1. The number of hydrogen-bond acceptors (Lipinski definition) is 14. The number of nitrogen functional groups attached to an aromatic ring is 2.